The zero-order chi connectivity index (χ0) is 30.8. The fourth-order valence-electron chi connectivity index (χ4n) is 6.18. The normalized spacial score (nSPS) is 19.7. The molecule has 0 aliphatic heterocycles. The van der Waals surface area contributed by atoms with Crippen LogP contribution in [0.5, 0.6) is 0 Å². The van der Waals surface area contributed by atoms with E-state index >= 15 is 0 Å². The third-order valence-electron chi connectivity index (χ3n) is 7.71. The number of benzene rings is 3. The van der Waals surface area contributed by atoms with Gasteiger partial charge in [0.15, 0.2) is 0 Å². The van der Waals surface area contributed by atoms with Gasteiger partial charge < -0.3 is 9.47 Å². The Morgan fingerprint density at radius 2 is 1.21 bits per heavy atom. The van der Waals surface area contributed by atoms with Crippen LogP contribution in [-0.2, 0) is 24.5 Å². The first-order valence-electron chi connectivity index (χ1n) is 14.9. The highest BCUT2D eigenvalue weighted by molar-refractivity contribution is 5.88. The third-order valence-corrected chi connectivity index (χ3v) is 7.71. The smallest absolute Gasteiger partial charge is 0.331 e. The molecule has 0 bridgehead atoms. The van der Waals surface area contributed by atoms with Gasteiger partial charge in [-0.05, 0) is 99.1 Å². The van der Waals surface area contributed by atoms with Crippen LogP contribution in [0.3, 0.4) is 0 Å². The van der Waals surface area contributed by atoms with Gasteiger partial charge in [0.1, 0.15) is 11.2 Å². The molecule has 1 atom stereocenters. The number of rotatable bonds is 6. The van der Waals surface area contributed by atoms with Gasteiger partial charge in [0.2, 0.25) is 0 Å². The van der Waals surface area contributed by atoms with Crippen molar-refractivity contribution in [3.63, 3.8) is 0 Å². The van der Waals surface area contributed by atoms with Gasteiger partial charge in [-0.15, -0.1) is 0 Å². The number of hydrogen-bond donors (Lipinski definition) is 0. The average Bonchev–Trinajstić information content (AvgIpc) is 3.25. The summed E-state index contributed by atoms with van der Waals surface area (Å²) in [5.74, 6) is -0.495. The molecule has 0 saturated carbocycles. The van der Waals surface area contributed by atoms with Crippen molar-refractivity contribution in [2.45, 2.75) is 64.6 Å². The van der Waals surface area contributed by atoms with Crippen LogP contribution < -0.4 is 0 Å². The van der Waals surface area contributed by atoms with Crippen LogP contribution in [0.2, 0.25) is 0 Å². The highest BCUT2D eigenvalue weighted by atomic mass is 16.6. The molecule has 0 radical (unpaired) electrons. The summed E-state index contributed by atoms with van der Waals surface area (Å²) >= 11 is 0. The van der Waals surface area contributed by atoms with Gasteiger partial charge in [0, 0.05) is 18.1 Å². The molecule has 43 heavy (non-hydrogen) atoms. The average molecular weight is 573 g/mol. The molecule has 0 N–H and O–H groups in total. The Bertz CT molecular complexity index is 1540. The fraction of sp³-hybridized carbons (Fsp3) is 0.282. The molecule has 0 amide bonds. The largest absolute Gasteiger partial charge is 0.457 e. The quantitative estimate of drug-likeness (QED) is 0.219. The number of esters is 2. The Morgan fingerprint density at radius 3 is 1.70 bits per heavy atom. The predicted molar refractivity (Wildman–Crippen MR) is 174 cm³/mol. The third kappa shape index (κ3) is 6.49. The molecule has 3 aromatic rings. The molecule has 0 aromatic heterocycles. The van der Waals surface area contributed by atoms with Gasteiger partial charge in [0.05, 0.1) is 5.41 Å². The molecule has 3 aromatic carbocycles. The summed E-state index contributed by atoms with van der Waals surface area (Å²) < 4.78 is 10.9. The number of allylic oxidation sites excluding steroid dienone is 4. The SMILES string of the molecule is CC(C)(C)OC(=O)C=Cc1ccc(C2(c3ccc(C=CC(=O)OC(C)(C)C)cc3)c3ccccc3C3=CC=CCC32)cc1. The lowest BCUT2D eigenvalue weighted by molar-refractivity contribution is -0.149. The first kappa shape index (κ1) is 30.0. The number of carbonyl (C=O) groups excluding carboxylic acids is 2. The minimum absolute atomic E-state index is 0.223. The Balaban J connectivity index is 1.55. The minimum Gasteiger partial charge on any atom is -0.457 e. The maximum atomic E-state index is 12.3. The molecule has 0 fully saturated rings. The van der Waals surface area contributed by atoms with E-state index in [4.69, 9.17) is 9.47 Å². The lowest BCUT2D eigenvalue weighted by atomic mass is 9.63. The summed E-state index contributed by atoms with van der Waals surface area (Å²) in [5.41, 5.74) is 6.67. The number of carbonyl (C=O) groups is 2. The van der Waals surface area contributed by atoms with Crippen molar-refractivity contribution in [1.29, 1.82) is 0 Å². The van der Waals surface area contributed by atoms with Gasteiger partial charge in [-0.2, -0.15) is 0 Å². The standard InChI is InChI=1S/C39H40O4/c1-37(2,3)42-35(40)25-19-27-15-21-29(22-16-27)39(33-13-9-7-11-31(33)32-12-8-10-14-34(32)39)30-23-17-28(18-24-30)20-26-36(41)43-38(4,5)6/h7-13,15-26,34H,14H2,1-6H3. The highest BCUT2D eigenvalue weighted by Crippen LogP contribution is 2.59. The molecule has 0 saturated heterocycles. The summed E-state index contributed by atoms with van der Waals surface area (Å²) in [6.07, 6.45) is 14.2. The van der Waals surface area contributed by atoms with Gasteiger partial charge >= 0.3 is 11.9 Å². The van der Waals surface area contributed by atoms with Crippen LogP contribution in [-0.4, -0.2) is 23.1 Å². The molecular formula is C39H40O4. The molecule has 4 nitrogen and oxygen atoms in total. The molecule has 220 valence electrons. The summed E-state index contributed by atoms with van der Waals surface area (Å²) in [6, 6.07) is 25.7. The van der Waals surface area contributed by atoms with Crippen molar-refractivity contribution in [2.24, 2.45) is 5.92 Å². The Labute approximate surface area is 255 Å². The van der Waals surface area contributed by atoms with Crippen LogP contribution in [0, 0.1) is 5.92 Å². The van der Waals surface area contributed by atoms with Crippen molar-refractivity contribution in [3.8, 4) is 0 Å². The van der Waals surface area contributed by atoms with Crippen LogP contribution in [0.4, 0.5) is 0 Å². The van der Waals surface area contributed by atoms with E-state index in [1.165, 1.54) is 40.0 Å². The molecule has 0 spiro atoms. The van der Waals surface area contributed by atoms with Gasteiger partial charge in [0.25, 0.3) is 0 Å². The van der Waals surface area contributed by atoms with E-state index in [9.17, 15) is 9.59 Å². The minimum atomic E-state index is -0.533. The van der Waals surface area contributed by atoms with Crippen LogP contribution in [0.1, 0.15) is 81.3 Å². The summed E-state index contributed by atoms with van der Waals surface area (Å²) in [6.45, 7) is 11.2. The zero-order valence-electron chi connectivity index (χ0n) is 25.9. The lowest BCUT2D eigenvalue weighted by Crippen LogP contribution is -2.34. The monoisotopic (exact) mass is 572 g/mol. The number of fused-ring (bicyclic) bond motifs is 3. The van der Waals surface area contributed by atoms with Gasteiger partial charge in [-0.25, -0.2) is 9.59 Å². The molecule has 2 aliphatic rings. The van der Waals surface area contributed by atoms with E-state index in [0.29, 0.717) is 0 Å². The molecular weight excluding hydrogens is 532 g/mol. The second kappa shape index (κ2) is 11.7. The van der Waals surface area contributed by atoms with Crippen molar-refractivity contribution in [2.75, 3.05) is 0 Å². The van der Waals surface area contributed by atoms with E-state index in [1.807, 2.05) is 41.5 Å². The van der Waals surface area contributed by atoms with Crippen molar-refractivity contribution >= 4 is 29.7 Å². The highest BCUT2D eigenvalue weighted by Gasteiger charge is 2.51. The first-order chi connectivity index (χ1) is 20.4. The zero-order valence-corrected chi connectivity index (χ0v) is 25.9. The van der Waals surface area contributed by atoms with Crippen molar-refractivity contribution < 1.29 is 19.1 Å². The van der Waals surface area contributed by atoms with Crippen molar-refractivity contribution in [1.82, 2.24) is 0 Å². The molecule has 0 heterocycles. The van der Waals surface area contributed by atoms with Gasteiger partial charge in [-0.3, -0.25) is 0 Å². The van der Waals surface area contributed by atoms with E-state index in [0.717, 1.165) is 17.5 Å². The second-order valence-electron chi connectivity index (χ2n) is 13.2. The summed E-state index contributed by atoms with van der Waals surface area (Å²) in [4.78, 5) is 24.5. The van der Waals surface area contributed by atoms with Crippen molar-refractivity contribution in [3.05, 3.63) is 137 Å². The molecule has 5 rings (SSSR count). The lowest BCUT2D eigenvalue weighted by Gasteiger charge is -2.39. The summed E-state index contributed by atoms with van der Waals surface area (Å²) in [7, 11) is 0. The predicted octanol–water partition coefficient (Wildman–Crippen LogP) is 8.70. The van der Waals surface area contributed by atoms with Gasteiger partial charge in [-0.1, -0.05) is 91.0 Å². The van der Waals surface area contributed by atoms with E-state index in [2.05, 4.69) is 91.0 Å². The topological polar surface area (TPSA) is 52.6 Å². The van der Waals surface area contributed by atoms with Crippen LogP contribution in [0.25, 0.3) is 17.7 Å². The second-order valence-corrected chi connectivity index (χ2v) is 13.2. The Hall–Kier alpha value is -4.44. The van der Waals surface area contributed by atoms with Crippen LogP contribution in [0.15, 0.2) is 103 Å². The van der Waals surface area contributed by atoms with E-state index in [-0.39, 0.29) is 17.9 Å². The molecule has 1 unspecified atom stereocenters. The Morgan fingerprint density at radius 1 is 0.721 bits per heavy atom. The summed E-state index contributed by atoms with van der Waals surface area (Å²) in [5, 5.41) is 0. The maximum absolute atomic E-state index is 12.3. The Kier molecular flexibility index (Phi) is 8.16. The fourth-order valence-corrected chi connectivity index (χ4v) is 6.18. The van der Waals surface area contributed by atoms with E-state index in [1.54, 1.807) is 12.2 Å². The molecule has 2 aliphatic carbocycles. The maximum Gasteiger partial charge on any atom is 0.331 e. The number of hydrogen-bond acceptors (Lipinski definition) is 4. The number of ether oxygens (including phenoxy) is 2. The van der Waals surface area contributed by atoms with Crippen LogP contribution >= 0.6 is 0 Å². The first-order valence-corrected chi connectivity index (χ1v) is 14.9. The molecule has 4 heteroatoms. The van der Waals surface area contributed by atoms with E-state index < -0.39 is 16.6 Å².